The summed E-state index contributed by atoms with van der Waals surface area (Å²) in [4.78, 5) is 28.9. The number of carbonyl (C=O) groups excluding carboxylic acids is 2. The van der Waals surface area contributed by atoms with Gasteiger partial charge in [0.25, 0.3) is 5.91 Å². The molecular weight excluding hydrogens is 418 g/mol. The lowest BCUT2D eigenvalue weighted by atomic mass is 10.2. The van der Waals surface area contributed by atoms with E-state index in [0.717, 1.165) is 5.56 Å². The molecule has 0 spiro atoms. The van der Waals surface area contributed by atoms with Crippen molar-refractivity contribution >= 4 is 23.2 Å². The van der Waals surface area contributed by atoms with E-state index in [9.17, 15) is 9.59 Å². The first-order valence-electron chi connectivity index (χ1n) is 10.4. The Balaban J connectivity index is 1.33. The Morgan fingerprint density at radius 2 is 1.67 bits per heavy atom. The monoisotopic (exact) mass is 441 g/mol. The van der Waals surface area contributed by atoms with E-state index in [-0.39, 0.29) is 11.8 Å². The van der Waals surface area contributed by atoms with E-state index in [1.807, 2.05) is 36.4 Å². The van der Waals surface area contributed by atoms with Crippen molar-refractivity contribution in [1.29, 1.82) is 0 Å². The van der Waals surface area contributed by atoms with E-state index >= 15 is 0 Å². The summed E-state index contributed by atoms with van der Waals surface area (Å²) >= 11 is 0. The Hall–Kier alpha value is -4.46. The van der Waals surface area contributed by atoms with Crippen LogP contribution in [0.2, 0.25) is 0 Å². The van der Waals surface area contributed by atoms with Gasteiger partial charge in [-0.1, -0.05) is 36.4 Å². The van der Waals surface area contributed by atoms with Gasteiger partial charge in [-0.2, -0.15) is 5.10 Å². The van der Waals surface area contributed by atoms with E-state index < -0.39 is 6.04 Å². The van der Waals surface area contributed by atoms with Gasteiger partial charge >= 0.3 is 0 Å². The molecule has 8 nitrogen and oxygen atoms in total. The minimum Gasteiger partial charge on any atom is -0.489 e. The Kier molecular flexibility index (Phi) is 6.75. The highest BCUT2D eigenvalue weighted by Gasteiger charge is 2.15. The van der Waals surface area contributed by atoms with Gasteiger partial charge in [-0.05, 0) is 55.0 Å². The van der Waals surface area contributed by atoms with Gasteiger partial charge in [-0.3, -0.25) is 9.59 Å². The summed E-state index contributed by atoms with van der Waals surface area (Å²) in [7, 11) is 0. The van der Waals surface area contributed by atoms with E-state index in [1.54, 1.807) is 49.4 Å². The average Bonchev–Trinajstić information content (AvgIpc) is 3.39. The third kappa shape index (κ3) is 5.82. The molecule has 4 aromatic rings. The Bertz CT molecular complexity index is 1210. The van der Waals surface area contributed by atoms with Crippen LogP contribution in [0.15, 0.2) is 91.5 Å². The molecule has 1 aromatic heterocycles. The molecule has 0 aliphatic rings. The molecule has 1 unspecified atom stereocenters. The highest BCUT2D eigenvalue weighted by Crippen LogP contribution is 2.19. The molecule has 0 radical (unpaired) electrons. The fraction of sp³-hybridized carbons (Fsp3) is 0.120. The van der Waals surface area contributed by atoms with Crippen molar-refractivity contribution in [3.8, 4) is 5.75 Å². The van der Waals surface area contributed by atoms with Gasteiger partial charge in [-0.25, -0.2) is 9.67 Å². The molecule has 2 N–H and O–H groups in total. The standard InChI is InChI=1S/C25H23N5O3/c1-18(30-17-26-16-27-30)24(31)28-21-10-12-22(13-11-21)29-25(32)20-8-5-9-23(14-20)33-15-19-6-3-2-4-7-19/h2-14,16-18H,15H2,1H3,(H,28,31)(H,29,32). The van der Waals surface area contributed by atoms with Crippen molar-refractivity contribution in [2.24, 2.45) is 0 Å². The molecule has 8 heteroatoms. The number of nitrogens with one attached hydrogen (secondary N) is 2. The summed E-state index contributed by atoms with van der Waals surface area (Å²) in [6.07, 6.45) is 2.87. The van der Waals surface area contributed by atoms with Crippen LogP contribution in [0.3, 0.4) is 0 Å². The lowest BCUT2D eigenvalue weighted by molar-refractivity contribution is -0.119. The topological polar surface area (TPSA) is 98.1 Å². The molecule has 4 rings (SSSR count). The number of hydrogen-bond donors (Lipinski definition) is 2. The first-order valence-corrected chi connectivity index (χ1v) is 10.4. The SMILES string of the molecule is CC(C(=O)Nc1ccc(NC(=O)c2cccc(OCc3ccccc3)c2)cc1)n1cncn1. The van der Waals surface area contributed by atoms with Crippen LogP contribution in [0, 0.1) is 0 Å². The highest BCUT2D eigenvalue weighted by molar-refractivity contribution is 6.04. The van der Waals surface area contributed by atoms with Crippen molar-refractivity contribution in [3.05, 3.63) is 103 Å². The number of aromatic nitrogens is 3. The Morgan fingerprint density at radius 3 is 2.36 bits per heavy atom. The van der Waals surface area contributed by atoms with Gasteiger partial charge in [0.2, 0.25) is 5.91 Å². The molecule has 0 bridgehead atoms. The van der Waals surface area contributed by atoms with Gasteiger partial charge in [0, 0.05) is 16.9 Å². The third-order valence-corrected chi connectivity index (χ3v) is 4.97. The lowest BCUT2D eigenvalue weighted by Crippen LogP contribution is -2.24. The van der Waals surface area contributed by atoms with E-state index in [2.05, 4.69) is 20.7 Å². The van der Waals surface area contributed by atoms with Gasteiger partial charge in [0.1, 0.15) is 31.1 Å². The predicted molar refractivity (Wildman–Crippen MR) is 125 cm³/mol. The lowest BCUT2D eigenvalue weighted by Gasteiger charge is -2.13. The Morgan fingerprint density at radius 1 is 0.939 bits per heavy atom. The summed E-state index contributed by atoms with van der Waals surface area (Å²) in [5.41, 5.74) is 2.76. The van der Waals surface area contributed by atoms with Crippen LogP contribution in [0.5, 0.6) is 5.75 Å². The number of hydrogen-bond acceptors (Lipinski definition) is 5. The zero-order valence-corrected chi connectivity index (χ0v) is 18.0. The molecule has 1 atom stereocenters. The maximum atomic E-state index is 12.7. The summed E-state index contributed by atoms with van der Waals surface area (Å²) in [6, 6.07) is 23.3. The predicted octanol–water partition coefficient (Wildman–Crippen LogP) is 4.31. The van der Waals surface area contributed by atoms with Gasteiger partial charge in [0.15, 0.2) is 0 Å². The number of amides is 2. The van der Waals surface area contributed by atoms with Crippen LogP contribution in [0.1, 0.15) is 28.9 Å². The molecule has 2 amide bonds. The van der Waals surface area contributed by atoms with Crippen molar-refractivity contribution in [3.63, 3.8) is 0 Å². The maximum Gasteiger partial charge on any atom is 0.255 e. The maximum absolute atomic E-state index is 12.7. The summed E-state index contributed by atoms with van der Waals surface area (Å²) in [6.45, 7) is 2.16. The highest BCUT2D eigenvalue weighted by atomic mass is 16.5. The van der Waals surface area contributed by atoms with Crippen LogP contribution in [0.4, 0.5) is 11.4 Å². The van der Waals surface area contributed by atoms with Crippen LogP contribution in [-0.2, 0) is 11.4 Å². The van der Waals surface area contributed by atoms with Crippen molar-refractivity contribution in [1.82, 2.24) is 14.8 Å². The number of nitrogens with zero attached hydrogens (tertiary/aromatic N) is 3. The zero-order chi connectivity index (χ0) is 23.0. The molecule has 166 valence electrons. The van der Waals surface area contributed by atoms with E-state index in [1.165, 1.54) is 17.3 Å². The second-order valence-electron chi connectivity index (χ2n) is 7.37. The van der Waals surface area contributed by atoms with Gasteiger partial charge in [0.05, 0.1) is 0 Å². The molecule has 0 aliphatic heterocycles. The minimum absolute atomic E-state index is 0.218. The second-order valence-corrected chi connectivity index (χ2v) is 7.37. The van der Waals surface area contributed by atoms with Crippen LogP contribution in [0.25, 0.3) is 0 Å². The number of benzene rings is 3. The van der Waals surface area contributed by atoms with Crippen molar-refractivity contribution < 1.29 is 14.3 Å². The molecule has 0 aliphatic carbocycles. The van der Waals surface area contributed by atoms with E-state index in [4.69, 9.17) is 4.74 Å². The molecule has 0 saturated heterocycles. The minimum atomic E-state index is -0.497. The van der Waals surface area contributed by atoms with E-state index in [0.29, 0.717) is 29.3 Å². The molecular formula is C25H23N5O3. The summed E-state index contributed by atoms with van der Waals surface area (Å²) in [5.74, 6) is 0.146. The van der Waals surface area contributed by atoms with Crippen molar-refractivity contribution in [2.75, 3.05) is 10.6 Å². The normalized spacial score (nSPS) is 11.4. The fourth-order valence-electron chi connectivity index (χ4n) is 3.09. The first-order chi connectivity index (χ1) is 16.1. The number of rotatable bonds is 8. The first kappa shape index (κ1) is 21.8. The number of carbonyl (C=O) groups is 2. The van der Waals surface area contributed by atoms with Crippen LogP contribution < -0.4 is 15.4 Å². The van der Waals surface area contributed by atoms with Gasteiger partial charge < -0.3 is 15.4 Å². The quantitative estimate of drug-likeness (QED) is 0.425. The fourth-order valence-corrected chi connectivity index (χ4v) is 3.09. The van der Waals surface area contributed by atoms with Crippen molar-refractivity contribution in [2.45, 2.75) is 19.6 Å². The molecule has 3 aromatic carbocycles. The second kappa shape index (κ2) is 10.2. The number of ether oxygens (including phenoxy) is 1. The smallest absolute Gasteiger partial charge is 0.255 e. The molecule has 1 heterocycles. The van der Waals surface area contributed by atoms with Gasteiger partial charge in [-0.15, -0.1) is 0 Å². The van der Waals surface area contributed by atoms with Crippen LogP contribution >= 0.6 is 0 Å². The molecule has 0 saturated carbocycles. The molecule has 0 fully saturated rings. The Labute approximate surface area is 191 Å². The zero-order valence-electron chi connectivity index (χ0n) is 18.0. The summed E-state index contributed by atoms with van der Waals surface area (Å²) < 4.78 is 7.28. The van der Waals surface area contributed by atoms with Crippen LogP contribution in [-0.4, -0.2) is 26.6 Å². The average molecular weight is 441 g/mol. The third-order valence-electron chi connectivity index (χ3n) is 4.97. The summed E-state index contributed by atoms with van der Waals surface area (Å²) in [5, 5.41) is 9.65. The molecule has 33 heavy (non-hydrogen) atoms. The number of anilines is 2. The largest absolute Gasteiger partial charge is 0.489 e.